The topological polar surface area (TPSA) is 93.7 Å². The number of oxime groups is 1. The van der Waals surface area contributed by atoms with Gasteiger partial charge in [0.1, 0.15) is 0 Å². The van der Waals surface area contributed by atoms with Gasteiger partial charge in [-0.25, -0.2) is 0 Å². The maximum Gasteiger partial charge on any atom is 0.309 e. The monoisotopic (exact) mass is 482 g/mol. The minimum Gasteiger partial charge on any atom is -0.481 e. The van der Waals surface area contributed by atoms with Crippen molar-refractivity contribution in [1.82, 2.24) is 0 Å². The Bertz CT molecular complexity index is 965. The molecule has 4 aliphatic rings. The quantitative estimate of drug-likeness (QED) is 0.186. The van der Waals surface area contributed by atoms with Gasteiger partial charge in [0, 0.05) is 18.1 Å². The van der Waals surface area contributed by atoms with Crippen LogP contribution in [0.1, 0.15) is 99.3 Å². The van der Waals surface area contributed by atoms with E-state index in [1.54, 1.807) is 6.21 Å². The van der Waals surface area contributed by atoms with Crippen LogP contribution < -0.4 is 0 Å². The maximum atomic E-state index is 12.8. The van der Waals surface area contributed by atoms with Gasteiger partial charge in [0.25, 0.3) is 0 Å². The average Bonchev–Trinajstić information content (AvgIpc) is 3.16. The van der Waals surface area contributed by atoms with E-state index >= 15 is 0 Å². The molecule has 4 aliphatic carbocycles. The Balaban J connectivity index is 1.80. The van der Waals surface area contributed by atoms with Crippen molar-refractivity contribution in [2.45, 2.75) is 99.3 Å². The largest absolute Gasteiger partial charge is 0.481 e. The summed E-state index contributed by atoms with van der Waals surface area (Å²) in [7, 11) is 0. The molecule has 4 rings (SSSR count). The Hall–Kier alpha value is -1.83. The van der Waals surface area contributed by atoms with E-state index in [1.807, 2.05) is 0 Å². The minimum atomic E-state index is -0.607. The number of hydrogen-bond acceptors (Lipinski definition) is 4. The van der Waals surface area contributed by atoms with Crippen molar-refractivity contribution in [1.29, 1.82) is 5.26 Å². The molecule has 0 saturated heterocycles. The van der Waals surface area contributed by atoms with Crippen molar-refractivity contribution in [3.8, 4) is 6.07 Å². The summed E-state index contributed by atoms with van der Waals surface area (Å²) in [6.07, 6.45) is 9.73. The summed E-state index contributed by atoms with van der Waals surface area (Å²) in [6.45, 7) is 18.0. The fourth-order valence-electron chi connectivity index (χ4n) is 10.8. The van der Waals surface area contributed by atoms with Crippen LogP contribution in [0.5, 0.6) is 0 Å². The van der Waals surface area contributed by atoms with Crippen LogP contribution in [0, 0.1) is 68.0 Å². The van der Waals surface area contributed by atoms with Gasteiger partial charge < -0.3 is 10.3 Å². The molecule has 0 aliphatic heterocycles. The molecule has 0 spiro atoms. The lowest BCUT2D eigenvalue weighted by molar-refractivity contribution is -0.225. The van der Waals surface area contributed by atoms with Gasteiger partial charge in [-0.2, -0.15) is 5.26 Å². The Morgan fingerprint density at radius 1 is 1.11 bits per heavy atom. The van der Waals surface area contributed by atoms with Gasteiger partial charge in [-0.1, -0.05) is 46.8 Å². The minimum absolute atomic E-state index is 0.0362. The predicted molar refractivity (Wildman–Crippen MR) is 138 cm³/mol. The summed E-state index contributed by atoms with van der Waals surface area (Å²) in [5, 5.41) is 33.3. The summed E-state index contributed by atoms with van der Waals surface area (Å²) in [6, 6.07) is 2.54. The molecule has 9 atom stereocenters. The van der Waals surface area contributed by atoms with Crippen LogP contribution >= 0.6 is 0 Å². The van der Waals surface area contributed by atoms with Gasteiger partial charge in [0.2, 0.25) is 0 Å². The zero-order valence-electron chi connectivity index (χ0n) is 22.7. The number of allylic oxidation sites excluding steroid dienone is 1. The molecule has 35 heavy (non-hydrogen) atoms. The van der Waals surface area contributed by atoms with Crippen LogP contribution in [0.25, 0.3) is 0 Å². The average molecular weight is 483 g/mol. The van der Waals surface area contributed by atoms with E-state index in [2.05, 4.69) is 59.3 Å². The standard InChI is InChI=1S/C30H46N2O3/c1-19(2)20-10-13-30(25(33)34)15-14-28(6)21(24(20)30)8-9-23-27(5,16-17-31)22(11-12-29(23,28)7)26(3,4)18-32-35/h18,20-24,35H,1,8-16H2,2-7H3,(H,33,34)/b32-18+/t20-,21?,22?,23?,24?,27-,28+,29+,30-/m0/s1. The first-order chi connectivity index (χ1) is 16.2. The number of carbonyl (C=O) groups is 1. The lowest BCUT2D eigenvalue weighted by Gasteiger charge is -2.71. The molecule has 4 fully saturated rings. The van der Waals surface area contributed by atoms with Crippen LogP contribution in [-0.2, 0) is 4.79 Å². The molecular weight excluding hydrogens is 436 g/mol. The highest BCUT2D eigenvalue weighted by Gasteiger charge is 2.71. The van der Waals surface area contributed by atoms with Crippen molar-refractivity contribution in [2.24, 2.45) is 61.8 Å². The van der Waals surface area contributed by atoms with Gasteiger partial charge in [0.15, 0.2) is 0 Å². The van der Waals surface area contributed by atoms with E-state index in [4.69, 9.17) is 0 Å². The number of aliphatic carboxylic acids is 1. The normalized spacial score (nSPS) is 47.4. The Labute approximate surface area is 212 Å². The molecule has 0 radical (unpaired) electrons. The smallest absolute Gasteiger partial charge is 0.309 e. The number of rotatable bonds is 5. The van der Waals surface area contributed by atoms with Crippen molar-refractivity contribution >= 4 is 12.2 Å². The maximum absolute atomic E-state index is 12.8. The summed E-state index contributed by atoms with van der Waals surface area (Å²) in [5.74, 6) is 0.851. The van der Waals surface area contributed by atoms with E-state index in [0.29, 0.717) is 18.3 Å². The number of carboxylic acid groups (broad SMARTS) is 1. The van der Waals surface area contributed by atoms with Crippen LogP contribution in [0.15, 0.2) is 17.3 Å². The lowest BCUT2D eigenvalue weighted by atomic mass is 9.33. The van der Waals surface area contributed by atoms with Crippen molar-refractivity contribution < 1.29 is 15.1 Å². The molecule has 5 nitrogen and oxygen atoms in total. The molecule has 4 saturated carbocycles. The molecule has 0 aromatic rings. The lowest BCUT2D eigenvalue weighted by Crippen LogP contribution is -2.65. The summed E-state index contributed by atoms with van der Waals surface area (Å²) in [5.41, 5.74) is 0.125. The highest BCUT2D eigenvalue weighted by atomic mass is 16.4. The molecule has 2 N–H and O–H groups in total. The molecule has 0 aromatic heterocycles. The first-order valence-electron chi connectivity index (χ1n) is 13.7. The van der Waals surface area contributed by atoms with Gasteiger partial charge >= 0.3 is 5.97 Å². The first-order valence-corrected chi connectivity index (χ1v) is 13.7. The van der Waals surface area contributed by atoms with Gasteiger partial charge in [-0.15, -0.1) is 5.16 Å². The molecule has 0 aromatic carbocycles. The van der Waals surface area contributed by atoms with E-state index < -0.39 is 11.4 Å². The van der Waals surface area contributed by atoms with Crippen molar-refractivity contribution in [2.75, 3.05) is 0 Å². The van der Waals surface area contributed by atoms with Gasteiger partial charge in [-0.05, 0) is 104 Å². The third kappa shape index (κ3) is 3.37. The second kappa shape index (κ2) is 8.35. The zero-order valence-corrected chi connectivity index (χ0v) is 22.7. The fourth-order valence-corrected chi connectivity index (χ4v) is 10.8. The van der Waals surface area contributed by atoms with Gasteiger partial charge in [0.05, 0.1) is 11.5 Å². The van der Waals surface area contributed by atoms with Crippen LogP contribution in [0.2, 0.25) is 0 Å². The molecule has 0 amide bonds. The van der Waals surface area contributed by atoms with E-state index in [-0.39, 0.29) is 39.4 Å². The van der Waals surface area contributed by atoms with Crippen molar-refractivity contribution in [3.63, 3.8) is 0 Å². The van der Waals surface area contributed by atoms with Crippen LogP contribution in [0.4, 0.5) is 0 Å². The third-order valence-electron chi connectivity index (χ3n) is 12.5. The molecule has 0 bridgehead atoms. The van der Waals surface area contributed by atoms with Crippen molar-refractivity contribution in [3.05, 3.63) is 12.2 Å². The van der Waals surface area contributed by atoms with E-state index in [0.717, 1.165) is 56.9 Å². The molecule has 0 heterocycles. The van der Waals surface area contributed by atoms with E-state index in [1.165, 1.54) is 0 Å². The first kappa shape index (κ1) is 26.2. The molecule has 194 valence electrons. The second-order valence-electron chi connectivity index (χ2n) is 14.0. The highest BCUT2D eigenvalue weighted by molar-refractivity contribution is 5.76. The third-order valence-corrected chi connectivity index (χ3v) is 12.5. The summed E-state index contributed by atoms with van der Waals surface area (Å²) < 4.78 is 0. The number of carboxylic acids is 1. The zero-order chi connectivity index (χ0) is 26.0. The SMILES string of the molecule is C=C(C)[C@@H]1CC[C@]2(C(=O)O)CC[C@]3(C)C(CCC4[C@@](C)(CC#N)C(C(C)(C)/C=N/O)CC[C@]43C)C12. The number of fused-ring (bicyclic) bond motifs is 5. The van der Waals surface area contributed by atoms with Gasteiger partial charge in [-0.3, -0.25) is 4.79 Å². The summed E-state index contributed by atoms with van der Waals surface area (Å²) >= 11 is 0. The number of nitrogens with zero attached hydrogens (tertiary/aromatic N) is 2. The predicted octanol–water partition coefficient (Wildman–Crippen LogP) is 7.31. The fraction of sp³-hybridized carbons (Fsp3) is 0.833. The Morgan fingerprint density at radius 3 is 2.37 bits per heavy atom. The summed E-state index contributed by atoms with van der Waals surface area (Å²) in [4.78, 5) is 12.8. The number of hydrogen-bond donors (Lipinski definition) is 2. The van der Waals surface area contributed by atoms with Crippen LogP contribution in [-0.4, -0.2) is 22.5 Å². The second-order valence-corrected chi connectivity index (χ2v) is 14.0. The van der Waals surface area contributed by atoms with E-state index in [9.17, 15) is 20.4 Å². The number of nitriles is 1. The molecule has 5 heteroatoms. The molecular formula is C30H46N2O3. The Morgan fingerprint density at radius 2 is 1.80 bits per heavy atom. The van der Waals surface area contributed by atoms with Crippen LogP contribution in [0.3, 0.4) is 0 Å². The Kier molecular flexibility index (Phi) is 6.26. The molecule has 4 unspecified atom stereocenters. The highest BCUT2D eigenvalue weighted by Crippen LogP contribution is 2.76.